The van der Waals surface area contributed by atoms with Crippen molar-refractivity contribution in [2.75, 3.05) is 7.11 Å². The van der Waals surface area contributed by atoms with Gasteiger partial charge in [-0.1, -0.05) is 12.1 Å². The van der Waals surface area contributed by atoms with Crippen LogP contribution in [-0.4, -0.2) is 23.3 Å². The molecular formula is C16H19NO2. The molecule has 0 aliphatic heterocycles. The van der Waals surface area contributed by atoms with E-state index in [2.05, 4.69) is 4.98 Å². The van der Waals surface area contributed by atoms with Crippen LogP contribution in [0.15, 0.2) is 30.3 Å². The SMILES string of the molecule is COC(C1CC1)C(O)c1ccc2nc(C)ccc2c1. The Morgan fingerprint density at radius 3 is 2.74 bits per heavy atom. The third kappa shape index (κ3) is 2.48. The molecule has 1 heterocycles. The molecule has 1 saturated carbocycles. The summed E-state index contributed by atoms with van der Waals surface area (Å²) in [7, 11) is 1.68. The van der Waals surface area contributed by atoms with Gasteiger partial charge < -0.3 is 9.84 Å². The van der Waals surface area contributed by atoms with Crippen molar-refractivity contribution in [3.05, 3.63) is 41.6 Å². The van der Waals surface area contributed by atoms with Crippen LogP contribution in [0.25, 0.3) is 10.9 Å². The highest BCUT2D eigenvalue weighted by Gasteiger charge is 2.36. The van der Waals surface area contributed by atoms with Gasteiger partial charge in [-0.2, -0.15) is 0 Å². The zero-order chi connectivity index (χ0) is 13.4. The standard InChI is InChI=1S/C16H19NO2/c1-10-3-4-12-9-13(7-8-14(12)17-10)15(18)16(19-2)11-5-6-11/h3-4,7-9,11,15-16,18H,5-6H2,1-2H3. The van der Waals surface area contributed by atoms with Crippen LogP contribution in [0.4, 0.5) is 0 Å². The average molecular weight is 257 g/mol. The molecule has 1 aliphatic carbocycles. The van der Waals surface area contributed by atoms with Gasteiger partial charge in [0.1, 0.15) is 6.10 Å². The van der Waals surface area contributed by atoms with Crippen LogP contribution in [-0.2, 0) is 4.74 Å². The van der Waals surface area contributed by atoms with E-state index in [1.165, 1.54) is 0 Å². The lowest BCUT2D eigenvalue weighted by Crippen LogP contribution is -2.23. The van der Waals surface area contributed by atoms with E-state index in [0.29, 0.717) is 5.92 Å². The van der Waals surface area contributed by atoms with Crippen molar-refractivity contribution in [1.82, 2.24) is 4.98 Å². The molecular weight excluding hydrogens is 238 g/mol. The quantitative estimate of drug-likeness (QED) is 0.915. The van der Waals surface area contributed by atoms with Crippen molar-refractivity contribution >= 4 is 10.9 Å². The first-order valence-electron chi connectivity index (χ1n) is 6.77. The Hall–Kier alpha value is -1.45. The molecule has 1 aliphatic rings. The topological polar surface area (TPSA) is 42.4 Å². The first-order chi connectivity index (χ1) is 9.19. The van der Waals surface area contributed by atoms with Gasteiger partial charge in [-0.3, -0.25) is 4.98 Å². The minimum atomic E-state index is -0.553. The van der Waals surface area contributed by atoms with Crippen LogP contribution in [0.3, 0.4) is 0 Å². The maximum atomic E-state index is 10.5. The van der Waals surface area contributed by atoms with E-state index in [9.17, 15) is 5.11 Å². The van der Waals surface area contributed by atoms with E-state index in [1.54, 1.807) is 7.11 Å². The maximum absolute atomic E-state index is 10.5. The number of ether oxygens (including phenoxy) is 1. The smallest absolute Gasteiger partial charge is 0.105 e. The molecule has 0 amide bonds. The largest absolute Gasteiger partial charge is 0.386 e. The monoisotopic (exact) mass is 257 g/mol. The number of aliphatic hydroxyl groups is 1. The summed E-state index contributed by atoms with van der Waals surface area (Å²) in [5.41, 5.74) is 2.89. The highest BCUT2D eigenvalue weighted by atomic mass is 16.5. The second-order valence-electron chi connectivity index (χ2n) is 5.39. The van der Waals surface area contributed by atoms with Crippen LogP contribution < -0.4 is 0 Å². The van der Waals surface area contributed by atoms with Gasteiger partial charge in [0.2, 0.25) is 0 Å². The number of pyridine rings is 1. The van der Waals surface area contributed by atoms with Crippen molar-refractivity contribution in [3.63, 3.8) is 0 Å². The molecule has 19 heavy (non-hydrogen) atoms. The molecule has 1 fully saturated rings. The number of hydrogen-bond donors (Lipinski definition) is 1. The molecule has 2 aromatic rings. The van der Waals surface area contributed by atoms with Crippen molar-refractivity contribution in [1.29, 1.82) is 0 Å². The molecule has 1 N–H and O–H groups in total. The number of rotatable bonds is 4. The predicted molar refractivity (Wildman–Crippen MR) is 75.0 cm³/mol. The predicted octanol–water partition coefficient (Wildman–Crippen LogP) is 3.00. The molecule has 1 aromatic heterocycles. The van der Waals surface area contributed by atoms with Gasteiger partial charge in [0.15, 0.2) is 0 Å². The lowest BCUT2D eigenvalue weighted by Gasteiger charge is -2.21. The van der Waals surface area contributed by atoms with Gasteiger partial charge in [0.05, 0.1) is 11.6 Å². The summed E-state index contributed by atoms with van der Waals surface area (Å²) in [5.74, 6) is 0.506. The molecule has 0 spiro atoms. The van der Waals surface area contributed by atoms with Crippen LogP contribution in [0, 0.1) is 12.8 Å². The van der Waals surface area contributed by atoms with E-state index >= 15 is 0 Å². The van der Waals surface area contributed by atoms with Crippen molar-refractivity contribution in [3.8, 4) is 0 Å². The molecule has 2 unspecified atom stereocenters. The number of benzene rings is 1. The summed E-state index contributed by atoms with van der Waals surface area (Å²) in [6, 6.07) is 9.98. The molecule has 100 valence electrons. The Kier molecular flexibility index (Phi) is 3.25. The van der Waals surface area contributed by atoms with E-state index in [4.69, 9.17) is 4.74 Å². The van der Waals surface area contributed by atoms with Gasteiger partial charge in [-0.15, -0.1) is 0 Å². The summed E-state index contributed by atoms with van der Waals surface area (Å²) in [5, 5.41) is 11.5. The molecule has 1 aromatic carbocycles. The Morgan fingerprint density at radius 1 is 1.26 bits per heavy atom. The van der Waals surface area contributed by atoms with Gasteiger partial charge in [-0.05, 0) is 49.4 Å². The molecule has 3 nitrogen and oxygen atoms in total. The van der Waals surface area contributed by atoms with E-state index in [1.807, 2.05) is 37.3 Å². The summed E-state index contributed by atoms with van der Waals surface area (Å²) in [4.78, 5) is 4.48. The minimum absolute atomic E-state index is 0.0872. The minimum Gasteiger partial charge on any atom is -0.386 e. The normalized spacial score (nSPS) is 18.5. The number of nitrogens with zero attached hydrogens (tertiary/aromatic N) is 1. The van der Waals surface area contributed by atoms with Crippen molar-refractivity contribution in [2.24, 2.45) is 5.92 Å². The fourth-order valence-corrected chi connectivity index (χ4v) is 2.62. The summed E-state index contributed by atoms with van der Waals surface area (Å²) in [6.45, 7) is 1.98. The average Bonchev–Trinajstić information content (AvgIpc) is 3.23. The van der Waals surface area contributed by atoms with E-state index < -0.39 is 6.10 Å². The summed E-state index contributed by atoms with van der Waals surface area (Å²) in [6.07, 6.45) is 1.67. The fraction of sp³-hybridized carbons (Fsp3) is 0.438. The Bertz CT molecular complexity index is 592. The number of aryl methyl sites for hydroxylation is 1. The van der Waals surface area contributed by atoms with Crippen molar-refractivity contribution < 1.29 is 9.84 Å². The number of hydrogen-bond acceptors (Lipinski definition) is 3. The highest BCUT2D eigenvalue weighted by Crippen LogP contribution is 2.40. The molecule has 3 rings (SSSR count). The second-order valence-corrected chi connectivity index (χ2v) is 5.39. The molecule has 2 atom stereocenters. The maximum Gasteiger partial charge on any atom is 0.105 e. The molecule has 0 radical (unpaired) electrons. The van der Waals surface area contributed by atoms with Gasteiger partial charge in [0, 0.05) is 18.2 Å². The summed E-state index contributed by atoms with van der Waals surface area (Å²) >= 11 is 0. The first-order valence-corrected chi connectivity index (χ1v) is 6.77. The number of fused-ring (bicyclic) bond motifs is 1. The number of aliphatic hydroxyl groups excluding tert-OH is 1. The van der Waals surface area contributed by atoms with Crippen LogP contribution in [0.1, 0.15) is 30.2 Å². The van der Waals surface area contributed by atoms with Crippen LogP contribution >= 0.6 is 0 Å². The van der Waals surface area contributed by atoms with E-state index in [-0.39, 0.29) is 6.10 Å². The lowest BCUT2D eigenvalue weighted by atomic mass is 9.99. The number of aromatic nitrogens is 1. The third-order valence-corrected chi connectivity index (χ3v) is 3.86. The zero-order valence-corrected chi connectivity index (χ0v) is 11.3. The van der Waals surface area contributed by atoms with Gasteiger partial charge in [0.25, 0.3) is 0 Å². The molecule has 0 bridgehead atoms. The van der Waals surface area contributed by atoms with Crippen LogP contribution in [0.5, 0.6) is 0 Å². The summed E-state index contributed by atoms with van der Waals surface area (Å²) < 4.78 is 5.46. The highest BCUT2D eigenvalue weighted by molar-refractivity contribution is 5.79. The Labute approximate surface area is 113 Å². The Balaban J connectivity index is 1.93. The zero-order valence-electron chi connectivity index (χ0n) is 11.3. The second kappa shape index (κ2) is 4.91. The Morgan fingerprint density at radius 2 is 2.05 bits per heavy atom. The molecule has 0 saturated heterocycles. The molecule has 3 heteroatoms. The fourth-order valence-electron chi connectivity index (χ4n) is 2.62. The van der Waals surface area contributed by atoms with Crippen molar-refractivity contribution in [2.45, 2.75) is 32.0 Å². The number of methoxy groups -OCH3 is 1. The van der Waals surface area contributed by atoms with E-state index in [0.717, 1.165) is 35.0 Å². The lowest BCUT2D eigenvalue weighted by molar-refractivity contribution is -0.0258. The van der Waals surface area contributed by atoms with Crippen LogP contribution in [0.2, 0.25) is 0 Å². The first kappa shape index (κ1) is 12.6. The third-order valence-electron chi connectivity index (χ3n) is 3.86. The van der Waals surface area contributed by atoms with Gasteiger partial charge >= 0.3 is 0 Å². The van der Waals surface area contributed by atoms with Gasteiger partial charge in [-0.25, -0.2) is 0 Å².